The van der Waals surface area contributed by atoms with Gasteiger partial charge in [-0.2, -0.15) is 0 Å². The molecule has 0 radical (unpaired) electrons. The van der Waals surface area contributed by atoms with E-state index < -0.39 is 0 Å². The average Bonchev–Trinajstić information content (AvgIpc) is 2.56. The Labute approximate surface area is 101 Å². The van der Waals surface area contributed by atoms with Gasteiger partial charge in [0.2, 0.25) is 0 Å². The first kappa shape index (κ1) is 11.8. The molecular weight excluding hydrogens is 256 g/mol. The van der Waals surface area contributed by atoms with Crippen molar-refractivity contribution < 1.29 is 4.74 Å². The summed E-state index contributed by atoms with van der Waals surface area (Å²) >= 11 is 3.71. The van der Waals surface area contributed by atoms with Crippen LogP contribution in [0.2, 0.25) is 0 Å². The SMILES string of the molecule is CC1CC(Br)CN1CCN1CCOCC1. The summed E-state index contributed by atoms with van der Waals surface area (Å²) in [6.45, 7) is 10.0. The van der Waals surface area contributed by atoms with Gasteiger partial charge in [0.25, 0.3) is 0 Å². The number of halogens is 1. The van der Waals surface area contributed by atoms with E-state index in [4.69, 9.17) is 4.74 Å². The van der Waals surface area contributed by atoms with Crippen LogP contribution in [0.3, 0.4) is 0 Å². The smallest absolute Gasteiger partial charge is 0.0594 e. The fourth-order valence-corrected chi connectivity index (χ4v) is 3.35. The molecule has 0 aromatic heterocycles. The molecule has 0 saturated carbocycles. The molecule has 0 amide bonds. The number of hydrogen-bond donors (Lipinski definition) is 0. The maximum Gasteiger partial charge on any atom is 0.0594 e. The summed E-state index contributed by atoms with van der Waals surface area (Å²) in [4.78, 5) is 5.81. The highest BCUT2D eigenvalue weighted by molar-refractivity contribution is 9.09. The fraction of sp³-hybridized carbons (Fsp3) is 1.00. The van der Waals surface area contributed by atoms with Crippen molar-refractivity contribution in [3.05, 3.63) is 0 Å². The van der Waals surface area contributed by atoms with Crippen LogP contribution in [-0.2, 0) is 4.74 Å². The third-order valence-electron chi connectivity index (χ3n) is 3.46. The average molecular weight is 277 g/mol. The Hall–Kier alpha value is 0.360. The van der Waals surface area contributed by atoms with Crippen molar-refractivity contribution in [2.75, 3.05) is 45.9 Å². The molecule has 2 aliphatic heterocycles. The summed E-state index contributed by atoms with van der Waals surface area (Å²) in [5, 5.41) is 0. The van der Waals surface area contributed by atoms with Crippen molar-refractivity contribution in [3.8, 4) is 0 Å². The lowest BCUT2D eigenvalue weighted by Gasteiger charge is -2.29. The number of rotatable bonds is 3. The minimum atomic E-state index is 0.706. The zero-order valence-corrected chi connectivity index (χ0v) is 11.1. The van der Waals surface area contributed by atoms with Crippen molar-refractivity contribution >= 4 is 15.9 Å². The normalized spacial score (nSPS) is 34.8. The fourth-order valence-electron chi connectivity index (χ4n) is 2.43. The van der Waals surface area contributed by atoms with E-state index in [-0.39, 0.29) is 0 Å². The van der Waals surface area contributed by atoms with E-state index in [2.05, 4.69) is 32.7 Å². The van der Waals surface area contributed by atoms with Crippen LogP contribution < -0.4 is 0 Å². The van der Waals surface area contributed by atoms with Gasteiger partial charge in [0.1, 0.15) is 0 Å². The van der Waals surface area contributed by atoms with Gasteiger partial charge in [-0.05, 0) is 13.3 Å². The van der Waals surface area contributed by atoms with Gasteiger partial charge < -0.3 is 4.74 Å². The van der Waals surface area contributed by atoms with E-state index in [9.17, 15) is 0 Å². The van der Waals surface area contributed by atoms with E-state index >= 15 is 0 Å². The lowest BCUT2D eigenvalue weighted by Crippen LogP contribution is -2.42. The molecule has 0 aliphatic carbocycles. The van der Waals surface area contributed by atoms with Crippen molar-refractivity contribution in [1.29, 1.82) is 0 Å². The molecule has 0 aromatic carbocycles. The summed E-state index contributed by atoms with van der Waals surface area (Å²) in [6, 6.07) is 0.746. The maximum absolute atomic E-state index is 5.35. The summed E-state index contributed by atoms with van der Waals surface area (Å²) in [5.74, 6) is 0. The number of likely N-dealkylation sites (tertiary alicyclic amines) is 1. The van der Waals surface area contributed by atoms with Gasteiger partial charge in [-0.3, -0.25) is 9.80 Å². The molecule has 88 valence electrons. The van der Waals surface area contributed by atoms with E-state index in [1.165, 1.54) is 26.1 Å². The highest BCUT2D eigenvalue weighted by Gasteiger charge is 2.27. The van der Waals surface area contributed by atoms with Crippen molar-refractivity contribution in [3.63, 3.8) is 0 Å². The second-order valence-corrected chi connectivity index (χ2v) is 5.93. The first-order valence-corrected chi connectivity index (χ1v) is 6.85. The topological polar surface area (TPSA) is 15.7 Å². The minimum absolute atomic E-state index is 0.706. The van der Waals surface area contributed by atoms with E-state index in [1.54, 1.807) is 0 Å². The molecule has 3 nitrogen and oxygen atoms in total. The predicted molar refractivity (Wildman–Crippen MR) is 65.6 cm³/mol. The first-order chi connectivity index (χ1) is 7.25. The van der Waals surface area contributed by atoms with Crippen LogP contribution in [0.1, 0.15) is 13.3 Å². The third-order valence-corrected chi connectivity index (χ3v) is 4.12. The van der Waals surface area contributed by atoms with Crippen LogP contribution in [0.15, 0.2) is 0 Å². The Kier molecular flexibility index (Phi) is 4.43. The molecule has 2 saturated heterocycles. The summed E-state index contributed by atoms with van der Waals surface area (Å²) < 4.78 is 5.35. The molecule has 0 spiro atoms. The molecule has 0 bridgehead atoms. The maximum atomic E-state index is 5.35. The number of ether oxygens (including phenoxy) is 1. The Balaban J connectivity index is 1.68. The second kappa shape index (κ2) is 5.62. The molecular formula is C11H21BrN2O. The molecule has 2 atom stereocenters. The van der Waals surface area contributed by atoms with Crippen molar-refractivity contribution in [2.24, 2.45) is 0 Å². The van der Waals surface area contributed by atoms with Crippen LogP contribution in [0, 0.1) is 0 Å². The highest BCUT2D eigenvalue weighted by atomic mass is 79.9. The lowest BCUT2D eigenvalue weighted by molar-refractivity contribution is 0.0331. The standard InChI is InChI=1S/C11H21BrN2O/c1-10-8-11(12)9-14(10)3-2-13-4-6-15-7-5-13/h10-11H,2-9H2,1H3. The molecule has 15 heavy (non-hydrogen) atoms. The van der Waals surface area contributed by atoms with E-state index in [1.807, 2.05) is 0 Å². The Bertz CT molecular complexity index is 197. The Morgan fingerprint density at radius 2 is 2.00 bits per heavy atom. The summed E-state index contributed by atoms with van der Waals surface area (Å²) in [6.07, 6.45) is 1.29. The van der Waals surface area contributed by atoms with Crippen LogP contribution in [-0.4, -0.2) is 66.6 Å². The molecule has 0 aromatic rings. The van der Waals surface area contributed by atoms with Crippen molar-refractivity contribution in [1.82, 2.24) is 9.80 Å². The van der Waals surface area contributed by atoms with Gasteiger partial charge in [0.05, 0.1) is 13.2 Å². The third kappa shape index (κ3) is 3.41. The van der Waals surface area contributed by atoms with Crippen LogP contribution >= 0.6 is 15.9 Å². The van der Waals surface area contributed by atoms with Crippen LogP contribution in [0.25, 0.3) is 0 Å². The van der Waals surface area contributed by atoms with Crippen LogP contribution in [0.5, 0.6) is 0 Å². The van der Waals surface area contributed by atoms with E-state index in [0.717, 1.165) is 32.3 Å². The van der Waals surface area contributed by atoms with Gasteiger partial charge in [-0.1, -0.05) is 15.9 Å². The van der Waals surface area contributed by atoms with Crippen LogP contribution in [0.4, 0.5) is 0 Å². The molecule has 2 rings (SSSR count). The zero-order chi connectivity index (χ0) is 10.7. The zero-order valence-electron chi connectivity index (χ0n) is 9.49. The van der Waals surface area contributed by atoms with Crippen molar-refractivity contribution in [2.45, 2.75) is 24.2 Å². The number of morpholine rings is 1. The van der Waals surface area contributed by atoms with Gasteiger partial charge >= 0.3 is 0 Å². The molecule has 2 fully saturated rings. The molecule has 4 heteroatoms. The van der Waals surface area contributed by atoms with Gasteiger partial charge in [-0.25, -0.2) is 0 Å². The van der Waals surface area contributed by atoms with Gasteiger partial charge in [0, 0.05) is 43.6 Å². The lowest BCUT2D eigenvalue weighted by atomic mass is 10.2. The largest absolute Gasteiger partial charge is 0.379 e. The quantitative estimate of drug-likeness (QED) is 0.720. The number of alkyl halides is 1. The van der Waals surface area contributed by atoms with Gasteiger partial charge in [-0.15, -0.1) is 0 Å². The van der Waals surface area contributed by atoms with Gasteiger partial charge in [0.15, 0.2) is 0 Å². The molecule has 2 unspecified atom stereocenters. The number of nitrogens with zero attached hydrogens (tertiary/aromatic N) is 2. The summed E-state index contributed by atoms with van der Waals surface area (Å²) in [5.41, 5.74) is 0. The monoisotopic (exact) mass is 276 g/mol. The Morgan fingerprint density at radius 3 is 2.60 bits per heavy atom. The number of hydrogen-bond acceptors (Lipinski definition) is 3. The van der Waals surface area contributed by atoms with E-state index in [0.29, 0.717) is 4.83 Å². The summed E-state index contributed by atoms with van der Waals surface area (Å²) in [7, 11) is 0. The highest BCUT2D eigenvalue weighted by Crippen LogP contribution is 2.22. The second-order valence-electron chi connectivity index (χ2n) is 4.63. The molecule has 0 N–H and O–H groups in total. The predicted octanol–water partition coefficient (Wildman–Crippen LogP) is 1.18. The molecule has 2 aliphatic rings. The Morgan fingerprint density at radius 1 is 1.27 bits per heavy atom. The minimum Gasteiger partial charge on any atom is -0.379 e. The first-order valence-electron chi connectivity index (χ1n) is 5.94. The molecule has 2 heterocycles.